The van der Waals surface area contributed by atoms with E-state index in [1.54, 1.807) is 0 Å². The molecule has 0 amide bonds. The molecule has 20 heavy (non-hydrogen) atoms. The Morgan fingerprint density at radius 3 is 2.20 bits per heavy atom. The molecule has 10 heteroatoms. The number of aliphatic hydroxyl groups excluding tert-OH is 1. The van der Waals surface area contributed by atoms with E-state index < -0.39 is 16.5 Å². The van der Waals surface area contributed by atoms with Gasteiger partial charge in [0.25, 0.3) is 0 Å². The van der Waals surface area contributed by atoms with Gasteiger partial charge in [-0.05, 0) is 12.1 Å². The first-order chi connectivity index (χ1) is 9.18. The van der Waals surface area contributed by atoms with Crippen LogP contribution in [0.25, 0.3) is 0 Å². The first-order valence-corrected chi connectivity index (χ1v) is 6.69. The molecule has 1 unspecified atom stereocenters. The van der Waals surface area contributed by atoms with Crippen LogP contribution in [0.2, 0.25) is 0 Å². The van der Waals surface area contributed by atoms with Gasteiger partial charge in [0.1, 0.15) is 18.5 Å². The van der Waals surface area contributed by atoms with Crippen molar-refractivity contribution in [3.63, 3.8) is 0 Å². The first-order valence-electron chi connectivity index (χ1n) is 5.29. The summed E-state index contributed by atoms with van der Waals surface area (Å²) in [4.78, 5) is 3.68. The third kappa shape index (κ3) is 14.2. The Morgan fingerprint density at radius 1 is 1.25 bits per heavy atom. The zero-order valence-corrected chi connectivity index (χ0v) is 11.3. The summed E-state index contributed by atoms with van der Waals surface area (Å²) in [5, 5.41) is 9.42. The van der Waals surface area contributed by atoms with Crippen LogP contribution in [0.4, 0.5) is 0 Å². The molecule has 0 aliphatic carbocycles. The standard InChI is InChI=1S/C10H15N3O2.H2O4S/c11-10(12)13-6-8(14)7-15-9-4-2-1-3-5-9;1-5(2,3)4/h1-5,8,14H,6-7H2,(H4,11,12,13);(H2,1,2,3,4). The van der Waals surface area contributed by atoms with Crippen LogP contribution in [-0.4, -0.2) is 47.8 Å². The van der Waals surface area contributed by atoms with Crippen molar-refractivity contribution in [2.45, 2.75) is 6.10 Å². The molecule has 0 spiro atoms. The highest BCUT2D eigenvalue weighted by Crippen LogP contribution is 2.08. The van der Waals surface area contributed by atoms with E-state index in [1.807, 2.05) is 30.3 Å². The van der Waals surface area contributed by atoms with Crippen LogP contribution >= 0.6 is 0 Å². The minimum atomic E-state index is -4.67. The monoisotopic (exact) mass is 307 g/mol. The molecule has 0 saturated carbocycles. The molecule has 0 heterocycles. The smallest absolute Gasteiger partial charge is 0.394 e. The second kappa shape index (κ2) is 9.09. The van der Waals surface area contributed by atoms with Gasteiger partial charge in [0.2, 0.25) is 0 Å². The zero-order chi connectivity index (χ0) is 15.6. The van der Waals surface area contributed by atoms with Gasteiger partial charge in [-0.1, -0.05) is 18.2 Å². The van der Waals surface area contributed by atoms with Crippen molar-refractivity contribution in [3.05, 3.63) is 30.3 Å². The molecule has 0 bridgehead atoms. The lowest BCUT2D eigenvalue weighted by atomic mass is 10.3. The van der Waals surface area contributed by atoms with E-state index in [4.69, 9.17) is 33.7 Å². The molecular weight excluding hydrogens is 290 g/mol. The number of aliphatic imine (C=N–C) groups is 1. The lowest BCUT2D eigenvalue weighted by Crippen LogP contribution is -2.27. The first kappa shape index (κ1) is 18.1. The lowest BCUT2D eigenvalue weighted by molar-refractivity contribution is 0.114. The van der Waals surface area contributed by atoms with Crippen LogP contribution in [0.3, 0.4) is 0 Å². The van der Waals surface area contributed by atoms with Crippen molar-refractivity contribution < 1.29 is 27.4 Å². The van der Waals surface area contributed by atoms with Crippen LogP contribution in [0.1, 0.15) is 0 Å². The average molecular weight is 307 g/mol. The Kier molecular flexibility index (Phi) is 8.24. The highest BCUT2D eigenvalue weighted by Gasteiger charge is 2.03. The van der Waals surface area contributed by atoms with Crippen molar-refractivity contribution in [1.29, 1.82) is 0 Å². The Bertz CT molecular complexity index is 493. The van der Waals surface area contributed by atoms with Gasteiger partial charge >= 0.3 is 10.4 Å². The normalized spacial score (nSPS) is 11.8. The number of aliphatic hydroxyl groups is 1. The van der Waals surface area contributed by atoms with E-state index >= 15 is 0 Å². The number of nitrogens with zero attached hydrogens (tertiary/aromatic N) is 1. The molecule has 0 aromatic heterocycles. The molecule has 114 valence electrons. The third-order valence-corrected chi connectivity index (χ3v) is 1.67. The van der Waals surface area contributed by atoms with Gasteiger partial charge in [-0.25, -0.2) is 0 Å². The number of benzene rings is 1. The van der Waals surface area contributed by atoms with Gasteiger partial charge in [0, 0.05) is 0 Å². The molecule has 7 N–H and O–H groups in total. The quantitative estimate of drug-likeness (QED) is 0.263. The molecule has 1 aromatic carbocycles. The molecule has 0 aliphatic heterocycles. The van der Waals surface area contributed by atoms with E-state index in [0.717, 1.165) is 0 Å². The summed E-state index contributed by atoms with van der Waals surface area (Å²) in [5.41, 5.74) is 10.2. The Balaban J connectivity index is 0.000000621. The van der Waals surface area contributed by atoms with Crippen molar-refractivity contribution in [1.82, 2.24) is 0 Å². The molecule has 1 rings (SSSR count). The van der Waals surface area contributed by atoms with Crippen molar-refractivity contribution in [2.24, 2.45) is 16.5 Å². The molecule has 0 radical (unpaired) electrons. The summed E-state index contributed by atoms with van der Waals surface area (Å²) in [7, 11) is -4.67. The van der Waals surface area contributed by atoms with Crippen LogP contribution in [0.5, 0.6) is 5.75 Å². The van der Waals surface area contributed by atoms with Crippen molar-refractivity contribution in [3.8, 4) is 5.75 Å². The highest BCUT2D eigenvalue weighted by molar-refractivity contribution is 7.79. The Hall–Kier alpha value is -1.88. The number of nitrogens with two attached hydrogens (primary N) is 2. The molecule has 0 saturated heterocycles. The van der Waals surface area contributed by atoms with E-state index in [0.29, 0.717) is 5.75 Å². The van der Waals surface area contributed by atoms with Crippen molar-refractivity contribution in [2.75, 3.05) is 13.2 Å². The number of hydrogen-bond donors (Lipinski definition) is 5. The maximum atomic E-state index is 9.42. The van der Waals surface area contributed by atoms with Gasteiger partial charge in [-0.2, -0.15) is 8.42 Å². The van der Waals surface area contributed by atoms with Gasteiger partial charge in [-0.15, -0.1) is 0 Å². The van der Waals surface area contributed by atoms with Gasteiger partial charge < -0.3 is 21.3 Å². The summed E-state index contributed by atoms with van der Waals surface area (Å²) in [5.74, 6) is 0.676. The molecule has 0 fully saturated rings. The SMILES string of the molecule is NC(N)=NCC(O)COc1ccccc1.O=S(=O)(O)O. The van der Waals surface area contributed by atoms with Crippen molar-refractivity contribution >= 4 is 16.4 Å². The van der Waals surface area contributed by atoms with E-state index in [-0.39, 0.29) is 19.1 Å². The van der Waals surface area contributed by atoms with Crippen LogP contribution in [-0.2, 0) is 10.4 Å². The van der Waals surface area contributed by atoms with Crippen LogP contribution in [0, 0.1) is 0 Å². The summed E-state index contributed by atoms with van der Waals surface area (Å²) in [6.07, 6.45) is -0.702. The number of rotatable bonds is 5. The van der Waals surface area contributed by atoms with Gasteiger partial charge in [-0.3, -0.25) is 14.1 Å². The third-order valence-electron chi connectivity index (χ3n) is 1.67. The second-order valence-electron chi connectivity index (χ2n) is 3.49. The van der Waals surface area contributed by atoms with Crippen LogP contribution < -0.4 is 16.2 Å². The molecule has 1 aromatic rings. The minimum Gasteiger partial charge on any atom is -0.491 e. The summed E-state index contributed by atoms with van der Waals surface area (Å²) in [6, 6.07) is 9.23. The lowest BCUT2D eigenvalue weighted by Gasteiger charge is -2.09. The van der Waals surface area contributed by atoms with E-state index in [2.05, 4.69) is 4.99 Å². The minimum absolute atomic E-state index is 0.0336. The number of guanidine groups is 1. The maximum Gasteiger partial charge on any atom is 0.394 e. The number of ether oxygens (including phenoxy) is 1. The fourth-order valence-electron chi connectivity index (χ4n) is 0.973. The summed E-state index contributed by atoms with van der Waals surface area (Å²) < 4.78 is 36.9. The molecule has 0 aliphatic rings. The largest absolute Gasteiger partial charge is 0.491 e. The average Bonchev–Trinajstić information content (AvgIpc) is 2.33. The predicted molar refractivity (Wildman–Crippen MR) is 72.8 cm³/mol. The topological polar surface area (TPSA) is 168 Å². The highest BCUT2D eigenvalue weighted by atomic mass is 32.3. The fraction of sp³-hybridized carbons (Fsp3) is 0.300. The number of hydrogen-bond acceptors (Lipinski definition) is 5. The molecule has 9 nitrogen and oxygen atoms in total. The van der Waals surface area contributed by atoms with Gasteiger partial charge in [0.15, 0.2) is 5.96 Å². The molecular formula is C10H17N3O6S. The Labute approximate surface area is 116 Å². The van der Waals surface area contributed by atoms with Crippen LogP contribution in [0.15, 0.2) is 35.3 Å². The Morgan fingerprint density at radius 2 is 1.75 bits per heavy atom. The summed E-state index contributed by atoms with van der Waals surface area (Å²) >= 11 is 0. The van der Waals surface area contributed by atoms with E-state index in [1.165, 1.54) is 0 Å². The van der Waals surface area contributed by atoms with Gasteiger partial charge in [0.05, 0.1) is 6.54 Å². The van der Waals surface area contributed by atoms with E-state index in [9.17, 15) is 5.11 Å². The zero-order valence-electron chi connectivity index (χ0n) is 10.5. The summed E-state index contributed by atoms with van der Waals surface area (Å²) in [6.45, 7) is 0.315. The fourth-order valence-corrected chi connectivity index (χ4v) is 0.973. The maximum absolute atomic E-state index is 9.42. The number of para-hydroxylation sites is 1. The second-order valence-corrected chi connectivity index (χ2v) is 4.39. The molecule has 1 atom stereocenters. The predicted octanol–water partition coefficient (Wildman–Crippen LogP) is -0.953.